The summed E-state index contributed by atoms with van der Waals surface area (Å²) in [5, 5.41) is 8.72. The van der Waals surface area contributed by atoms with Gasteiger partial charge in [-0.25, -0.2) is 13.4 Å². The fourth-order valence-corrected chi connectivity index (χ4v) is 2.14. The lowest BCUT2D eigenvalue weighted by atomic mass is 10.3. The first kappa shape index (κ1) is 11.5. The minimum Gasteiger partial charge on any atom is -0.266 e. The van der Waals surface area contributed by atoms with Crippen molar-refractivity contribution in [3.63, 3.8) is 0 Å². The summed E-state index contributed by atoms with van der Waals surface area (Å²) in [6.45, 7) is 1.77. The van der Waals surface area contributed by atoms with Gasteiger partial charge < -0.3 is 0 Å². The number of aromatic nitrogens is 1. The highest BCUT2D eigenvalue weighted by Gasteiger charge is 2.12. The van der Waals surface area contributed by atoms with Crippen molar-refractivity contribution < 1.29 is 8.42 Å². The molecule has 1 aromatic heterocycles. The van der Waals surface area contributed by atoms with Gasteiger partial charge in [-0.3, -0.25) is 4.72 Å². The van der Waals surface area contributed by atoms with Crippen molar-refractivity contribution in [2.45, 2.75) is 13.3 Å². The van der Waals surface area contributed by atoms with Crippen molar-refractivity contribution in [1.82, 2.24) is 4.98 Å². The number of hydrogen-bond donors (Lipinski definition) is 1. The van der Waals surface area contributed by atoms with Crippen LogP contribution in [-0.4, -0.2) is 19.2 Å². The third-order valence-electron chi connectivity index (χ3n) is 1.65. The van der Waals surface area contributed by atoms with Gasteiger partial charge in [0.1, 0.15) is 6.07 Å². The highest BCUT2D eigenvalue weighted by molar-refractivity contribution is 7.92. The molecule has 0 unspecified atom stereocenters. The van der Waals surface area contributed by atoms with Gasteiger partial charge in [-0.1, -0.05) is 6.92 Å². The smallest absolute Gasteiger partial charge is 0.233 e. The maximum Gasteiger partial charge on any atom is 0.233 e. The molecule has 0 aromatic carbocycles. The Morgan fingerprint density at radius 3 is 2.93 bits per heavy atom. The third kappa shape index (κ3) is 3.22. The number of rotatable bonds is 4. The van der Waals surface area contributed by atoms with Gasteiger partial charge in [-0.2, -0.15) is 5.26 Å². The number of sulfonamides is 1. The molecule has 0 bridgehead atoms. The summed E-state index contributed by atoms with van der Waals surface area (Å²) in [6.07, 6.45) is 1.95. The second kappa shape index (κ2) is 4.75. The topological polar surface area (TPSA) is 82.8 Å². The molecule has 1 rings (SSSR count). The number of anilines is 1. The molecule has 0 aliphatic heterocycles. The van der Waals surface area contributed by atoms with Crippen LogP contribution in [0.25, 0.3) is 0 Å². The fourth-order valence-electron chi connectivity index (χ4n) is 1.04. The van der Waals surface area contributed by atoms with Crippen LogP contribution >= 0.6 is 0 Å². The Hall–Kier alpha value is -1.61. The molecule has 1 heterocycles. The first-order chi connectivity index (χ1) is 7.09. The lowest BCUT2D eigenvalue weighted by molar-refractivity contribution is 0.599. The Bertz CT molecular complexity index is 476. The first-order valence-corrected chi connectivity index (χ1v) is 6.10. The molecule has 0 radical (unpaired) electrons. The van der Waals surface area contributed by atoms with Gasteiger partial charge in [0.2, 0.25) is 10.0 Å². The maximum absolute atomic E-state index is 11.4. The van der Waals surface area contributed by atoms with E-state index in [1.807, 2.05) is 6.07 Å². The lowest BCUT2D eigenvalue weighted by Crippen LogP contribution is -2.17. The van der Waals surface area contributed by atoms with E-state index in [1.165, 1.54) is 12.3 Å². The summed E-state index contributed by atoms with van der Waals surface area (Å²) < 4.78 is 25.1. The molecule has 15 heavy (non-hydrogen) atoms. The molecule has 80 valence electrons. The zero-order chi connectivity index (χ0) is 11.3. The molecule has 0 aliphatic rings. The minimum atomic E-state index is -3.38. The van der Waals surface area contributed by atoms with Crippen LogP contribution in [0.2, 0.25) is 0 Å². The van der Waals surface area contributed by atoms with Crippen LogP contribution < -0.4 is 4.72 Å². The highest BCUT2D eigenvalue weighted by atomic mass is 32.2. The highest BCUT2D eigenvalue weighted by Crippen LogP contribution is 2.11. The maximum atomic E-state index is 11.4. The largest absolute Gasteiger partial charge is 0.266 e. The van der Waals surface area contributed by atoms with E-state index in [9.17, 15) is 8.42 Å². The van der Waals surface area contributed by atoms with E-state index >= 15 is 0 Å². The van der Waals surface area contributed by atoms with Crippen molar-refractivity contribution in [3.8, 4) is 6.07 Å². The number of nitrogens with zero attached hydrogens (tertiary/aromatic N) is 2. The average molecular weight is 225 g/mol. The normalized spacial score (nSPS) is 10.7. The Morgan fingerprint density at radius 2 is 2.33 bits per heavy atom. The van der Waals surface area contributed by atoms with E-state index in [0.717, 1.165) is 0 Å². The van der Waals surface area contributed by atoms with E-state index in [1.54, 1.807) is 13.0 Å². The third-order valence-corrected chi connectivity index (χ3v) is 3.10. The molecule has 0 aliphatic carbocycles. The molecule has 0 spiro atoms. The van der Waals surface area contributed by atoms with Crippen LogP contribution in [0.15, 0.2) is 18.3 Å². The van der Waals surface area contributed by atoms with E-state index < -0.39 is 10.0 Å². The van der Waals surface area contributed by atoms with Crippen LogP contribution in [0.3, 0.4) is 0 Å². The van der Waals surface area contributed by atoms with Gasteiger partial charge in [0.15, 0.2) is 5.82 Å². The van der Waals surface area contributed by atoms with Crippen LogP contribution in [0.1, 0.15) is 18.9 Å². The van der Waals surface area contributed by atoms with Gasteiger partial charge in [0, 0.05) is 6.20 Å². The van der Waals surface area contributed by atoms with Gasteiger partial charge in [0.25, 0.3) is 0 Å². The molecule has 0 amide bonds. The number of nitriles is 1. The van der Waals surface area contributed by atoms with Crippen molar-refractivity contribution in [2.75, 3.05) is 10.5 Å². The zero-order valence-corrected chi connectivity index (χ0v) is 9.08. The van der Waals surface area contributed by atoms with Crippen LogP contribution in [0.4, 0.5) is 5.82 Å². The monoisotopic (exact) mass is 225 g/mol. The second-order valence-corrected chi connectivity index (χ2v) is 4.77. The molecular weight excluding hydrogens is 214 g/mol. The molecule has 6 heteroatoms. The summed E-state index contributed by atoms with van der Waals surface area (Å²) in [7, 11) is -3.38. The number of hydrogen-bond acceptors (Lipinski definition) is 4. The predicted molar refractivity (Wildman–Crippen MR) is 56.7 cm³/mol. The quantitative estimate of drug-likeness (QED) is 0.831. The molecule has 1 aromatic rings. The molecular formula is C9H11N3O2S. The van der Waals surface area contributed by atoms with E-state index in [4.69, 9.17) is 5.26 Å². The summed E-state index contributed by atoms with van der Waals surface area (Å²) >= 11 is 0. The van der Waals surface area contributed by atoms with E-state index in [2.05, 4.69) is 9.71 Å². The van der Waals surface area contributed by atoms with Crippen LogP contribution in [-0.2, 0) is 10.0 Å². The van der Waals surface area contributed by atoms with Gasteiger partial charge in [0.05, 0.1) is 11.3 Å². The predicted octanol–water partition coefficient (Wildman–Crippen LogP) is 1.10. The molecule has 0 saturated heterocycles. The van der Waals surface area contributed by atoms with Crippen molar-refractivity contribution in [1.29, 1.82) is 5.26 Å². The summed E-state index contributed by atoms with van der Waals surface area (Å²) in [4.78, 5) is 3.80. The Balaban J connectivity index is 2.96. The van der Waals surface area contributed by atoms with Gasteiger partial charge >= 0.3 is 0 Å². The average Bonchev–Trinajstić information content (AvgIpc) is 2.17. The SMILES string of the molecule is CCCS(=O)(=O)Nc1ncccc1C#N. The Kier molecular flexibility index (Phi) is 3.63. The van der Waals surface area contributed by atoms with Crippen LogP contribution in [0, 0.1) is 11.3 Å². The standard InChI is InChI=1S/C9H11N3O2S/c1-2-6-15(13,14)12-9-8(7-10)4-3-5-11-9/h3-5H,2,6H2,1H3,(H,11,12). The van der Waals surface area contributed by atoms with Crippen molar-refractivity contribution >= 4 is 15.8 Å². The minimum absolute atomic E-state index is 0.0223. The molecule has 5 nitrogen and oxygen atoms in total. The zero-order valence-electron chi connectivity index (χ0n) is 8.27. The first-order valence-electron chi connectivity index (χ1n) is 4.44. The summed E-state index contributed by atoms with van der Waals surface area (Å²) in [5.74, 6) is 0.113. The molecule has 0 fully saturated rings. The molecule has 1 N–H and O–H groups in total. The fraction of sp³-hybridized carbons (Fsp3) is 0.333. The lowest BCUT2D eigenvalue weighted by Gasteiger charge is -2.06. The molecule has 0 atom stereocenters. The molecule has 0 saturated carbocycles. The Labute approximate surface area is 88.8 Å². The van der Waals surface area contributed by atoms with Crippen LogP contribution in [0.5, 0.6) is 0 Å². The van der Waals surface area contributed by atoms with Gasteiger partial charge in [-0.15, -0.1) is 0 Å². The van der Waals surface area contributed by atoms with Gasteiger partial charge in [-0.05, 0) is 18.6 Å². The van der Waals surface area contributed by atoms with Crippen molar-refractivity contribution in [3.05, 3.63) is 23.9 Å². The van der Waals surface area contributed by atoms with E-state index in [0.29, 0.717) is 6.42 Å². The number of pyridine rings is 1. The van der Waals surface area contributed by atoms with Crippen molar-refractivity contribution in [2.24, 2.45) is 0 Å². The summed E-state index contributed by atoms with van der Waals surface area (Å²) in [5.41, 5.74) is 0.220. The Morgan fingerprint density at radius 1 is 1.60 bits per heavy atom. The second-order valence-electron chi connectivity index (χ2n) is 2.93. The van der Waals surface area contributed by atoms with E-state index in [-0.39, 0.29) is 17.1 Å². The summed E-state index contributed by atoms with van der Waals surface area (Å²) in [6, 6.07) is 4.96. The number of nitrogens with one attached hydrogen (secondary N) is 1.